The summed E-state index contributed by atoms with van der Waals surface area (Å²) in [4.78, 5) is 4.36. The molecule has 1 N–H and O–H groups in total. The van der Waals surface area contributed by atoms with Crippen molar-refractivity contribution in [2.45, 2.75) is 49.7 Å². The first-order valence-electron chi connectivity index (χ1n) is 11.0. The monoisotopic (exact) mass is 449 g/mol. The number of sulfonamides is 1. The molecule has 0 amide bonds. The van der Waals surface area contributed by atoms with Gasteiger partial charge >= 0.3 is 0 Å². The van der Waals surface area contributed by atoms with Crippen molar-refractivity contribution < 1.29 is 12.8 Å². The Kier molecular flexibility index (Phi) is 5.13. The van der Waals surface area contributed by atoms with Gasteiger partial charge in [0.15, 0.2) is 0 Å². The Morgan fingerprint density at radius 2 is 1.75 bits per heavy atom. The molecule has 3 aromatic rings. The molecule has 5 nitrogen and oxygen atoms in total. The van der Waals surface area contributed by atoms with Gasteiger partial charge in [0.05, 0.1) is 22.4 Å². The minimum absolute atomic E-state index is 0.191. The lowest BCUT2D eigenvalue weighted by molar-refractivity contribution is 0.0752. The van der Waals surface area contributed by atoms with E-state index in [-0.39, 0.29) is 17.2 Å². The van der Waals surface area contributed by atoms with Gasteiger partial charge in [-0.15, -0.1) is 0 Å². The lowest BCUT2D eigenvalue weighted by atomic mass is 9.58. The number of hydrogen-bond acceptors (Lipinski definition) is 4. The van der Waals surface area contributed by atoms with Crippen molar-refractivity contribution in [1.82, 2.24) is 4.98 Å². The zero-order valence-corrected chi connectivity index (χ0v) is 18.4. The lowest BCUT2D eigenvalue weighted by Crippen LogP contribution is -2.52. The molecule has 2 aliphatic carbocycles. The number of fused-ring (bicyclic) bond motifs is 1. The number of nitrogens with zero attached hydrogens (tertiary/aromatic N) is 2. The number of halogens is 1. The number of nitriles is 1. The molecule has 32 heavy (non-hydrogen) atoms. The average molecular weight is 450 g/mol. The van der Waals surface area contributed by atoms with Gasteiger partial charge in [0.1, 0.15) is 5.82 Å². The highest BCUT2D eigenvalue weighted by Gasteiger charge is 2.54. The molecule has 1 spiro atoms. The predicted octanol–water partition coefficient (Wildman–Crippen LogP) is 5.49. The smallest absolute Gasteiger partial charge is 0.236 e. The Labute approximate surface area is 187 Å². The average Bonchev–Trinajstić information content (AvgIpc) is 2.78. The molecule has 0 saturated heterocycles. The summed E-state index contributed by atoms with van der Waals surface area (Å²) < 4.78 is 42.9. The molecular formula is C25H24FN3O2S. The van der Waals surface area contributed by atoms with Crippen LogP contribution in [0, 0.1) is 22.6 Å². The number of anilines is 1. The molecular weight excluding hydrogens is 425 g/mol. The maximum Gasteiger partial charge on any atom is 0.236 e. The zero-order valence-electron chi connectivity index (χ0n) is 17.6. The molecule has 1 aromatic heterocycles. The molecule has 1 atom stereocenters. The maximum absolute atomic E-state index is 13.9. The van der Waals surface area contributed by atoms with Gasteiger partial charge < -0.3 is 0 Å². The van der Waals surface area contributed by atoms with E-state index in [1.807, 2.05) is 12.1 Å². The highest BCUT2D eigenvalue weighted by molar-refractivity contribution is 7.93. The van der Waals surface area contributed by atoms with Crippen molar-refractivity contribution in [2.24, 2.45) is 5.41 Å². The molecule has 1 heterocycles. The molecule has 0 bridgehead atoms. The van der Waals surface area contributed by atoms with Gasteiger partial charge in [0.25, 0.3) is 0 Å². The zero-order chi connectivity index (χ0) is 22.3. The fourth-order valence-corrected chi connectivity index (χ4v) is 7.62. The van der Waals surface area contributed by atoms with Crippen LogP contribution in [0.1, 0.15) is 55.6 Å². The first kappa shape index (κ1) is 20.9. The van der Waals surface area contributed by atoms with E-state index in [2.05, 4.69) is 9.71 Å². The van der Waals surface area contributed by atoms with E-state index in [0.29, 0.717) is 17.7 Å². The van der Waals surface area contributed by atoms with Crippen LogP contribution < -0.4 is 4.72 Å². The van der Waals surface area contributed by atoms with E-state index in [4.69, 9.17) is 5.26 Å². The summed E-state index contributed by atoms with van der Waals surface area (Å²) in [5.74, 6) is 0.0152. The number of hydrogen-bond donors (Lipinski definition) is 1. The Bertz CT molecular complexity index is 1310. The molecule has 0 radical (unpaired) electrons. The van der Waals surface area contributed by atoms with Crippen LogP contribution in [0.2, 0.25) is 0 Å². The van der Waals surface area contributed by atoms with Gasteiger partial charge in [0, 0.05) is 17.3 Å². The SMILES string of the molecule is N#Cc1ccc(NS(=O)(=O)C2CCC23CCC(c2ccnc4ccc(F)cc24)CC3)cc1. The van der Waals surface area contributed by atoms with Crippen LogP contribution in [0.25, 0.3) is 10.9 Å². The van der Waals surface area contributed by atoms with E-state index in [0.717, 1.165) is 48.6 Å². The topological polar surface area (TPSA) is 82.9 Å². The van der Waals surface area contributed by atoms with Crippen LogP contribution in [0.5, 0.6) is 0 Å². The molecule has 2 aromatic carbocycles. The number of aromatic nitrogens is 1. The van der Waals surface area contributed by atoms with Crippen molar-refractivity contribution in [3.05, 3.63) is 71.7 Å². The summed E-state index contributed by atoms with van der Waals surface area (Å²) in [5.41, 5.74) is 2.70. The standard InChI is InChI=1S/C25H24FN3O2S/c26-19-3-6-23-22(15-19)21(10-14-28-23)18-7-11-25(12-8-18)13-9-24(25)32(30,31)29-20-4-1-17(16-27)2-5-20/h1-6,10,14-15,18,24,29H,7-9,11-13H2. The Morgan fingerprint density at radius 1 is 1.03 bits per heavy atom. The number of nitrogens with one attached hydrogen (secondary N) is 1. The van der Waals surface area contributed by atoms with Crippen LogP contribution in [0.3, 0.4) is 0 Å². The van der Waals surface area contributed by atoms with E-state index < -0.39 is 15.3 Å². The van der Waals surface area contributed by atoms with Crippen molar-refractivity contribution >= 4 is 26.6 Å². The van der Waals surface area contributed by atoms with Gasteiger partial charge in [-0.05, 0) is 104 Å². The molecule has 1 unspecified atom stereocenters. The summed E-state index contributed by atoms with van der Waals surface area (Å²) >= 11 is 0. The highest BCUT2D eigenvalue weighted by atomic mass is 32.2. The summed E-state index contributed by atoms with van der Waals surface area (Å²) in [6.45, 7) is 0. The van der Waals surface area contributed by atoms with Crippen molar-refractivity contribution in [3.63, 3.8) is 0 Å². The molecule has 7 heteroatoms. The quantitative estimate of drug-likeness (QED) is 0.571. The van der Waals surface area contributed by atoms with Gasteiger partial charge in [-0.1, -0.05) is 0 Å². The van der Waals surface area contributed by atoms with Crippen LogP contribution in [0.4, 0.5) is 10.1 Å². The van der Waals surface area contributed by atoms with Crippen molar-refractivity contribution in [2.75, 3.05) is 4.72 Å². The second kappa shape index (κ2) is 7.86. The first-order valence-corrected chi connectivity index (χ1v) is 12.5. The summed E-state index contributed by atoms with van der Waals surface area (Å²) in [7, 11) is -3.52. The molecule has 5 rings (SSSR count). The van der Waals surface area contributed by atoms with Crippen LogP contribution in [0.15, 0.2) is 54.7 Å². The molecule has 2 saturated carbocycles. The Balaban J connectivity index is 1.32. The second-order valence-electron chi connectivity index (χ2n) is 9.06. The highest BCUT2D eigenvalue weighted by Crippen LogP contribution is 2.57. The fourth-order valence-electron chi connectivity index (χ4n) is 5.57. The molecule has 2 aliphatic rings. The number of benzene rings is 2. The molecule has 164 valence electrons. The minimum atomic E-state index is -3.52. The third kappa shape index (κ3) is 3.63. The van der Waals surface area contributed by atoms with E-state index in [1.165, 1.54) is 6.07 Å². The third-order valence-electron chi connectivity index (χ3n) is 7.39. The summed E-state index contributed by atoms with van der Waals surface area (Å²) in [5, 5.41) is 9.38. The summed E-state index contributed by atoms with van der Waals surface area (Å²) in [6.07, 6.45) is 6.82. The van der Waals surface area contributed by atoms with E-state index in [9.17, 15) is 12.8 Å². The summed E-state index contributed by atoms with van der Waals surface area (Å²) in [6, 6.07) is 15.2. The van der Waals surface area contributed by atoms with Gasteiger partial charge in [-0.3, -0.25) is 9.71 Å². The Hall–Kier alpha value is -2.98. The Morgan fingerprint density at radius 3 is 2.41 bits per heavy atom. The minimum Gasteiger partial charge on any atom is -0.283 e. The van der Waals surface area contributed by atoms with Crippen LogP contribution >= 0.6 is 0 Å². The largest absolute Gasteiger partial charge is 0.283 e. The molecule has 0 aliphatic heterocycles. The predicted molar refractivity (Wildman–Crippen MR) is 122 cm³/mol. The van der Waals surface area contributed by atoms with Gasteiger partial charge in [0.2, 0.25) is 10.0 Å². The van der Waals surface area contributed by atoms with Crippen LogP contribution in [-0.4, -0.2) is 18.7 Å². The van der Waals surface area contributed by atoms with Gasteiger partial charge in [-0.2, -0.15) is 5.26 Å². The number of pyridine rings is 1. The van der Waals surface area contributed by atoms with Crippen molar-refractivity contribution in [1.29, 1.82) is 5.26 Å². The normalized spacial score (nSPS) is 25.2. The van der Waals surface area contributed by atoms with Crippen molar-refractivity contribution in [3.8, 4) is 6.07 Å². The van der Waals surface area contributed by atoms with E-state index in [1.54, 1.807) is 42.6 Å². The molecule has 2 fully saturated rings. The first-order chi connectivity index (χ1) is 15.4. The van der Waals surface area contributed by atoms with Crippen LogP contribution in [-0.2, 0) is 10.0 Å². The lowest BCUT2D eigenvalue weighted by Gasteiger charge is -2.52. The number of rotatable bonds is 4. The maximum atomic E-state index is 13.9. The third-order valence-corrected chi connectivity index (χ3v) is 9.40. The van der Waals surface area contributed by atoms with E-state index >= 15 is 0 Å². The second-order valence-corrected chi connectivity index (χ2v) is 10.9. The van der Waals surface area contributed by atoms with Gasteiger partial charge in [-0.25, -0.2) is 12.8 Å². The fraction of sp³-hybridized carbons (Fsp3) is 0.360.